The number of benzene rings is 1. The van der Waals surface area contributed by atoms with E-state index < -0.39 is 0 Å². The van der Waals surface area contributed by atoms with Crippen molar-refractivity contribution in [3.8, 4) is 0 Å². The van der Waals surface area contributed by atoms with E-state index >= 15 is 0 Å². The molecule has 0 radical (unpaired) electrons. The zero-order chi connectivity index (χ0) is 17.6. The highest BCUT2D eigenvalue weighted by Crippen LogP contribution is 2.26. The molecule has 1 fully saturated rings. The third-order valence-corrected chi connectivity index (χ3v) is 4.99. The molecule has 0 unspecified atom stereocenters. The zero-order valence-corrected chi connectivity index (χ0v) is 15.2. The topological polar surface area (TPSA) is 42.4 Å². The van der Waals surface area contributed by atoms with Gasteiger partial charge in [-0.05, 0) is 36.6 Å². The summed E-state index contributed by atoms with van der Waals surface area (Å²) in [5.74, 6) is 0.333. The van der Waals surface area contributed by atoms with Crippen LogP contribution in [-0.2, 0) is 16.0 Å². The van der Waals surface area contributed by atoms with Crippen molar-refractivity contribution in [1.29, 1.82) is 0 Å². The number of halogens is 1. The Kier molecular flexibility index (Phi) is 6.05. The number of ether oxygens (including phenoxy) is 1. The number of nitrogens with zero attached hydrogens (tertiary/aromatic N) is 2. The quantitative estimate of drug-likeness (QED) is 0.818. The average Bonchev–Trinajstić information content (AvgIpc) is 2.64. The number of amides is 1. The molecule has 132 valence electrons. The van der Waals surface area contributed by atoms with Crippen LogP contribution in [0.1, 0.15) is 35.7 Å². The predicted octanol–water partition coefficient (Wildman–Crippen LogP) is 3.68. The molecule has 1 amide bonds. The molecule has 1 atom stereocenters. The lowest BCUT2D eigenvalue weighted by Gasteiger charge is -2.32. The minimum absolute atomic E-state index is 0.0550. The van der Waals surface area contributed by atoms with Crippen molar-refractivity contribution in [2.24, 2.45) is 0 Å². The number of hydrogen-bond donors (Lipinski definition) is 0. The van der Waals surface area contributed by atoms with Gasteiger partial charge in [-0.15, -0.1) is 0 Å². The summed E-state index contributed by atoms with van der Waals surface area (Å²) < 4.78 is 4.98. The number of likely N-dealkylation sites (tertiary alicyclic amines) is 1. The summed E-state index contributed by atoms with van der Waals surface area (Å²) in [5.41, 5.74) is 3.14. The van der Waals surface area contributed by atoms with Gasteiger partial charge in [0.1, 0.15) is 6.61 Å². The fourth-order valence-electron chi connectivity index (χ4n) is 3.32. The standard InChI is InChI=1S/C20H23ClN2O2/c1-25-14-20(24)23-11-5-7-16(13-23)19-10-4-8-17(22-19)12-15-6-2-3-9-18(15)21/h2-4,6,8-10,16H,5,7,11-14H2,1H3/t16-/m0/s1. The summed E-state index contributed by atoms with van der Waals surface area (Å²) in [6, 6.07) is 14.0. The van der Waals surface area contributed by atoms with Gasteiger partial charge >= 0.3 is 0 Å². The lowest BCUT2D eigenvalue weighted by atomic mass is 9.94. The maximum absolute atomic E-state index is 12.1. The molecule has 1 aromatic heterocycles. The normalized spacial score (nSPS) is 17.5. The zero-order valence-electron chi connectivity index (χ0n) is 14.5. The summed E-state index contributed by atoms with van der Waals surface area (Å²) in [5, 5.41) is 0.767. The minimum atomic E-state index is 0.0550. The fraction of sp³-hybridized carbons (Fsp3) is 0.400. The molecular weight excluding hydrogens is 336 g/mol. The largest absolute Gasteiger partial charge is 0.375 e. The van der Waals surface area contributed by atoms with Gasteiger partial charge in [-0.25, -0.2) is 0 Å². The highest BCUT2D eigenvalue weighted by atomic mass is 35.5. The molecule has 1 aromatic carbocycles. The number of hydrogen-bond acceptors (Lipinski definition) is 3. The first kappa shape index (κ1) is 17.9. The third-order valence-electron chi connectivity index (χ3n) is 4.62. The first-order chi connectivity index (χ1) is 12.2. The molecule has 2 heterocycles. The molecule has 3 rings (SSSR count). The number of pyridine rings is 1. The highest BCUT2D eigenvalue weighted by molar-refractivity contribution is 6.31. The van der Waals surface area contributed by atoms with E-state index in [0.29, 0.717) is 13.0 Å². The summed E-state index contributed by atoms with van der Waals surface area (Å²) in [6.07, 6.45) is 2.77. The van der Waals surface area contributed by atoms with Gasteiger partial charge in [0.15, 0.2) is 0 Å². The number of piperidine rings is 1. The third kappa shape index (κ3) is 4.59. The van der Waals surface area contributed by atoms with Crippen LogP contribution in [-0.4, -0.2) is 42.6 Å². The number of methoxy groups -OCH3 is 1. The molecular formula is C20H23ClN2O2. The molecule has 4 nitrogen and oxygen atoms in total. The smallest absolute Gasteiger partial charge is 0.248 e. The Morgan fingerprint density at radius 2 is 2.12 bits per heavy atom. The van der Waals surface area contributed by atoms with E-state index in [1.54, 1.807) is 7.11 Å². The summed E-state index contributed by atoms with van der Waals surface area (Å²) in [4.78, 5) is 18.8. The molecule has 2 aromatic rings. The molecule has 1 saturated heterocycles. The van der Waals surface area contributed by atoms with Gasteiger partial charge in [0, 0.05) is 48.9 Å². The SMILES string of the molecule is COCC(=O)N1CCC[C@H](c2cccc(Cc3ccccc3Cl)n2)C1. The molecule has 1 aliphatic rings. The Hall–Kier alpha value is -1.91. The Morgan fingerprint density at radius 3 is 2.92 bits per heavy atom. The fourth-order valence-corrected chi connectivity index (χ4v) is 3.52. The maximum atomic E-state index is 12.1. The first-order valence-corrected chi connectivity index (χ1v) is 9.01. The van der Waals surface area contributed by atoms with Crippen molar-refractivity contribution in [2.75, 3.05) is 26.8 Å². The van der Waals surface area contributed by atoms with Crippen LogP contribution in [0.2, 0.25) is 5.02 Å². The predicted molar refractivity (Wildman–Crippen MR) is 98.9 cm³/mol. The van der Waals surface area contributed by atoms with Gasteiger partial charge < -0.3 is 9.64 Å². The van der Waals surface area contributed by atoms with Crippen LogP contribution >= 0.6 is 11.6 Å². The Balaban J connectivity index is 1.72. The van der Waals surface area contributed by atoms with Gasteiger partial charge in [0.05, 0.1) is 0 Å². The Labute approximate surface area is 153 Å². The number of aromatic nitrogens is 1. The monoisotopic (exact) mass is 358 g/mol. The van der Waals surface area contributed by atoms with E-state index in [1.807, 2.05) is 41.3 Å². The van der Waals surface area contributed by atoms with Crippen LogP contribution in [0.3, 0.4) is 0 Å². The van der Waals surface area contributed by atoms with Crippen LogP contribution in [0.4, 0.5) is 0 Å². The van der Waals surface area contributed by atoms with Crippen molar-refractivity contribution in [3.63, 3.8) is 0 Å². The van der Waals surface area contributed by atoms with Crippen LogP contribution in [0, 0.1) is 0 Å². The van der Waals surface area contributed by atoms with Crippen LogP contribution in [0.15, 0.2) is 42.5 Å². The van der Waals surface area contributed by atoms with Gasteiger partial charge in [0.25, 0.3) is 0 Å². The van der Waals surface area contributed by atoms with Crippen molar-refractivity contribution in [2.45, 2.75) is 25.2 Å². The number of carbonyl (C=O) groups excluding carboxylic acids is 1. The summed E-state index contributed by atoms with van der Waals surface area (Å²) in [6.45, 7) is 1.66. The van der Waals surface area contributed by atoms with E-state index in [0.717, 1.165) is 41.4 Å². The number of carbonyl (C=O) groups is 1. The van der Waals surface area contributed by atoms with Crippen molar-refractivity contribution < 1.29 is 9.53 Å². The van der Waals surface area contributed by atoms with Gasteiger partial charge in [0.2, 0.25) is 5.91 Å². The average molecular weight is 359 g/mol. The molecule has 0 saturated carbocycles. The van der Waals surface area contributed by atoms with E-state index in [1.165, 1.54) is 0 Å². The van der Waals surface area contributed by atoms with Gasteiger partial charge in [-0.3, -0.25) is 9.78 Å². The second-order valence-electron chi connectivity index (χ2n) is 6.43. The van der Waals surface area contributed by atoms with Crippen molar-refractivity contribution in [1.82, 2.24) is 9.88 Å². The lowest BCUT2D eigenvalue weighted by Crippen LogP contribution is -2.41. The van der Waals surface area contributed by atoms with E-state index in [2.05, 4.69) is 6.07 Å². The Morgan fingerprint density at radius 1 is 1.28 bits per heavy atom. The second kappa shape index (κ2) is 8.45. The van der Waals surface area contributed by atoms with Crippen molar-refractivity contribution in [3.05, 3.63) is 64.4 Å². The highest BCUT2D eigenvalue weighted by Gasteiger charge is 2.25. The summed E-state index contributed by atoms with van der Waals surface area (Å²) in [7, 11) is 1.55. The van der Waals surface area contributed by atoms with E-state index in [4.69, 9.17) is 21.3 Å². The maximum Gasteiger partial charge on any atom is 0.248 e. The molecule has 0 N–H and O–H groups in total. The van der Waals surface area contributed by atoms with Crippen molar-refractivity contribution >= 4 is 17.5 Å². The van der Waals surface area contributed by atoms with Crippen LogP contribution < -0.4 is 0 Å². The summed E-state index contributed by atoms with van der Waals surface area (Å²) >= 11 is 6.26. The van der Waals surface area contributed by atoms with Gasteiger partial charge in [-0.2, -0.15) is 0 Å². The number of rotatable bonds is 5. The second-order valence-corrected chi connectivity index (χ2v) is 6.84. The lowest BCUT2D eigenvalue weighted by molar-refractivity contribution is -0.136. The van der Waals surface area contributed by atoms with E-state index in [9.17, 15) is 4.79 Å². The molecule has 1 aliphatic heterocycles. The first-order valence-electron chi connectivity index (χ1n) is 8.63. The van der Waals surface area contributed by atoms with Crippen LogP contribution in [0.5, 0.6) is 0 Å². The molecule has 5 heteroatoms. The molecule has 0 aliphatic carbocycles. The molecule has 0 bridgehead atoms. The molecule has 0 spiro atoms. The van der Waals surface area contributed by atoms with E-state index in [-0.39, 0.29) is 18.4 Å². The van der Waals surface area contributed by atoms with Crippen LogP contribution in [0.25, 0.3) is 0 Å². The Bertz CT molecular complexity index is 735. The van der Waals surface area contributed by atoms with Gasteiger partial charge in [-0.1, -0.05) is 35.9 Å². The molecule has 25 heavy (non-hydrogen) atoms. The minimum Gasteiger partial charge on any atom is -0.375 e.